The summed E-state index contributed by atoms with van der Waals surface area (Å²) in [5, 5.41) is 11.3. The van der Waals surface area contributed by atoms with Crippen molar-refractivity contribution in [3.05, 3.63) is 48.0 Å². The molecule has 0 aromatic heterocycles. The monoisotopic (exact) mass is 375 g/mol. The van der Waals surface area contributed by atoms with E-state index < -0.39 is 22.5 Å². The van der Waals surface area contributed by atoms with Gasteiger partial charge in [-0.1, -0.05) is 0 Å². The fourth-order valence-corrected chi connectivity index (χ4v) is 3.23. The maximum Gasteiger partial charge on any atom is 0.244 e. The number of benzene rings is 2. The van der Waals surface area contributed by atoms with Gasteiger partial charge in [0.05, 0.1) is 32.4 Å². The SMILES string of the molecule is COc1ccc(OC)c(S(=O)(=O)NCC(=O)Nc2ccc(C#N)cc2)c1. The number of hydrogen-bond acceptors (Lipinski definition) is 6. The number of ether oxygens (including phenoxy) is 2. The third kappa shape index (κ3) is 4.72. The lowest BCUT2D eigenvalue weighted by molar-refractivity contribution is -0.115. The van der Waals surface area contributed by atoms with Gasteiger partial charge in [-0.25, -0.2) is 13.1 Å². The Morgan fingerprint density at radius 1 is 1.12 bits per heavy atom. The Morgan fingerprint density at radius 3 is 2.38 bits per heavy atom. The number of amides is 1. The molecule has 0 aliphatic heterocycles. The molecule has 2 rings (SSSR count). The Balaban J connectivity index is 2.07. The molecule has 0 radical (unpaired) electrons. The van der Waals surface area contributed by atoms with Crippen LogP contribution in [0.3, 0.4) is 0 Å². The van der Waals surface area contributed by atoms with Gasteiger partial charge >= 0.3 is 0 Å². The van der Waals surface area contributed by atoms with Gasteiger partial charge in [0.15, 0.2) is 0 Å². The number of nitrogens with zero attached hydrogens (tertiary/aromatic N) is 1. The molecule has 0 aliphatic carbocycles. The predicted molar refractivity (Wildman–Crippen MR) is 94.5 cm³/mol. The van der Waals surface area contributed by atoms with E-state index in [1.54, 1.807) is 30.3 Å². The van der Waals surface area contributed by atoms with Crippen molar-refractivity contribution >= 4 is 21.6 Å². The van der Waals surface area contributed by atoms with Crippen LogP contribution in [0.1, 0.15) is 5.56 Å². The summed E-state index contributed by atoms with van der Waals surface area (Å²) >= 11 is 0. The second-order valence-electron chi connectivity index (χ2n) is 5.08. The highest BCUT2D eigenvalue weighted by Crippen LogP contribution is 2.27. The Kier molecular flexibility index (Phi) is 6.16. The van der Waals surface area contributed by atoms with Gasteiger partial charge in [-0.3, -0.25) is 4.79 Å². The fraction of sp³-hybridized carbons (Fsp3) is 0.176. The van der Waals surface area contributed by atoms with Crippen molar-refractivity contribution in [2.24, 2.45) is 0 Å². The molecule has 2 aromatic carbocycles. The minimum atomic E-state index is -3.99. The van der Waals surface area contributed by atoms with Crippen LogP contribution in [-0.2, 0) is 14.8 Å². The number of nitriles is 1. The van der Waals surface area contributed by atoms with Crippen LogP contribution in [-0.4, -0.2) is 35.1 Å². The van der Waals surface area contributed by atoms with E-state index in [1.165, 1.54) is 26.4 Å². The van der Waals surface area contributed by atoms with Crippen molar-refractivity contribution in [2.75, 3.05) is 26.1 Å². The second kappa shape index (κ2) is 8.33. The van der Waals surface area contributed by atoms with E-state index in [1.807, 2.05) is 6.07 Å². The third-order valence-electron chi connectivity index (χ3n) is 3.38. The van der Waals surface area contributed by atoms with Crippen LogP contribution in [0.5, 0.6) is 11.5 Å². The Morgan fingerprint density at radius 2 is 1.81 bits per heavy atom. The standard InChI is InChI=1S/C17H17N3O5S/c1-24-14-7-8-15(25-2)16(9-14)26(22,23)19-11-17(21)20-13-5-3-12(10-18)4-6-13/h3-9,19H,11H2,1-2H3,(H,20,21). The number of rotatable bonds is 7. The van der Waals surface area contributed by atoms with Gasteiger partial charge in [0.1, 0.15) is 16.4 Å². The highest BCUT2D eigenvalue weighted by molar-refractivity contribution is 7.89. The van der Waals surface area contributed by atoms with Crippen LogP contribution in [0, 0.1) is 11.3 Å². The van der Waals surface area contributed by atoms with Gasteiger partial charge in [0.25, 0.3) is 0 Å². The van der Waals surface area contributed by atoms with Crippen molar-refractivity contribution in [3.8, 4) is 17.6 Å². The van der Waals surface area contributed by atoms with Crippen LogP contribution in [0.25, 0.3) is 0 Å². The zero-order valence-electron chi connectivity index (χ0n) is 14.1. The van der Waals surface area contributed by atoms with Crippen molar-refractivity contribution in [2.45, 2.75) is 4.90 Å². The molecule has 26 heavy (non-hydrogen) atoms. The quantitative estimate of drug-likeness (QED) is 0.757. The number of carbonyl (C=O) groups excluding carboxylic acids is 1. The minimum absolute atomic E-state index is 0.130. The molecule has 0 atom stereocenters. The molecule has 136 valence electrons. The highest BCUT2D eigenvalue weighted by atomic mass is 32.2. The molecule has 9 heteroatoms. The first-order chi connectivity index (χ1) is 12.4. The third-order valence-corrected chi connectivity index (χ3v) is 4.80. The zero-order valence-corrected chi connectivity index (χ0v) is 15.0. The molecule has 0 saturated heterocycles. The molecule has 1 amide bonds. The molecule has 8 nitrogen and oxygen atoms in total. The van der Waals surface area contributed by atoms with Gasteiger partial charge in [-0.05, 0) is 36.4 Å². The van der Waals surface area contributed by atoms with Crippen LogP contribution in [0.4, 0.5) is 5.69 Å². The van der Waals surface area contributed by atoms with Crippen LogP contribution in [0.15, 0.2) is 47.4 Å². The van der Waals surface area contributed by atoms with Crippen molar-refractivity contribution in [1.82, 2.24) is 4.72 Å². The van der Waals surface area contributed by atoms with E-state index in [0.717, 1.165) is 0 Å². The number of carbonyl (C=O) groups is 1. The first-order valence-electron chi connectivity index (χ1n) is 7.41. The topological polar surface area (TPSA) is 118 Å². The van der Waals surface area contributed by atoms with E-state index in [2.05, 4.69) is 10.0 Å². The molecule has 0 unspecified atom stereocenters. The number of anilines is 1. The van der Waals surface area contributed by atoms with E-state index >= 15 is 0 Å². The average Bonchev–Trinajstić information content (AvgIpc) is 2.66. The van der Waals surface area contributed by atoms with E-state index in [-0.39, 0.29) is 10.6 Å². The number of hydrogen-bond donors (Lipinski definition) is 2. The lowest BCUT2D eigenvalue weighted by atomic mass is 10.2. The number of nitrogens with one attached hydrogen (secondary N) is 2. The maximum absolute atomic E-state index is 12.5. The van der Waals surface area contributed by atoms with Gasteiger partial charge in [-0.2, -0.15) is 5.26 Å². The summed E-state index contributed by atoms with van der Waals surface area (Å²) < 4.78 is 37.2. The Hall–Kier alpha value is -3.09. The summed E-state index contributed by atoms with van der Waals surface area (Å²) in [6.45, 7) is -0.470. The van der Waals surface area contributed by atoms with Gasteiger partial charge in [0, 0.05) is 11.8 Å². The first kappa shape index (κ1) is 19.2. The number of sulfonamides is 1. The summed E-state index contributed by atoms with van der Waals surface area (Å²) in [7, 11) is -1.23. The van der Waals surface area contributed by atoms with Crippen molar-refractivity contribution in [3.63, 3.8) is 0 Å². The summed E-state index contributed by atoms with van der Waals surface area (Å²) in [4.78, 5) is 11.8. The molecule has 0 bridgehead atoms. The van der Waals surface area contributed by atoms with Gasteiger partial charge in [0.2, 0.25) is 15.9 Å². The molecule has 0 fully saturated rings. The molecule has 2 N–H and O–H groups in total. The molecule has 0 saturated carbocycles. The lowest BCUT2D eigenvalue weighted by Gasteiger charge is -2.12. The number of methoxy groups -OCH3 is 2. The molecule has 0 aliphatic rings. The normalized spacial score (nSPS) is 10.7. The largest absolute Gasteiger partial charge is 0.497 e. The molecule has 0 spiro atoms. The molecular formula is C17H17N3O5S. The summed E-state index contributed by atoms with van der Waals surface area (Å²) in [6, 6.07) is 12.5. The summed E-state index contributed by atoms with van der Waals surface area (Å²) in [5.41, 5.74) is 0.904. The fourth-order valence-electron chi connectivity index (χ4n) is 2.07. The Labute approximate surface area is 151 Å². The van der Waals surface area contributed by atoms with Crippen LogP contribution >= 0.6 is 0 Å². The summed E-state index contributed by atoms with van der Waals surface area (Å²) in [6.07, 6.45) is 0. The first-order valence-corrected chi connectivity index (χ1v) is 8.89. The van der Waals surface area contributed by atoms with E-state index in [0.29, 0.717) is 17.0 Å². The predicted octanol–water partition coefficient (Wildman–Crippen LogP) is 1.49. The van der Waals surface area contributed by atoms with Crippen molar-refractivity contribution in [1.29, 1.82) is 5.26 Å². The summed E-state index contributed by atoms with van der Waals surface area (Å²) in [5.74, 6) is -0.0841. The van der Waals surface area contributed by atoms with E-state index in [4.69, 9.17) is 14.7 Å². The van der Waals surface area contributed by atoms with Crippen LogP contribution < -0.4 is 19.5 Å². The Bertz CT molecular complexity index is 934. The highest BCUT2D eigenvalue weighted by Gasteiger charge is 2.21. The van der Waals surface area contributed by atoms with Crippen molar-refractivity contribution < 1.29 is 22.7 Å². The van der Waals surface area contributed by atoms with E-state index in [9.17, 15) is 13.2 Å². The zero-order chi connectivity index (χ0) is 19.2. The smallest absolute Gasteiger partial charge is 0.244 e. The average molecular weight is 375 g/mol. The molecular weight excluding hydrogens is 358 g/mol. The minimum Gasteiger partial charge on any atom is -0.497 e. The van der Waals surface area contributed by atoms with Crippen LogP contribution in [0.2, 0.25) is 0 Å². The molecule has 2 aromatic rings. The second-order valence-corrected chi connectivity index (χ2v) is 6.81. The molecule has 0 heterocycles. The lowest BCUT2D eigenvalue weighted by Crippen LogP contribution is -2.33. The van der Waals surface area contributed by atoms with Gasteiger partial charge in [-0.15, -0.1) is 0 Å². The van der Waals surface area contributed by atoms with Gasteiger partial charge < -0.3 is 14.8 Å². The maximum atomic E-state index is 12.5.